The van der Waals surface area contributed by atoms with Crippen molar-refractivity contribution < 1.29 is 4.39 Å². The zero-order valence-electron chi connectivity index (χ0n) is 14.9. The zero-order valence-corrected chi connectivity index (χ0v) is 14.9. The van der Waals surface area contributed by atoms with Crippen LogP contribution < -0.4 is 10.6 Å². The van der Waals surface area contributed by atoms with E-state index in [1.807, 2.05) is 0 Å². The minimum atomic E-state index is -0.290. The highest BCUT2D eigenvalue weighted by Gasteiger charge is 2.10. The summed E-state index contributed by atoms with van der Waals surface area (Å²) in [6.07, 6.45) is 3.19. The van der Waals surface area contributed by atoms with Crippen molar-refractivity contribution in [2.45, 2.75) is 13.8 Å². The lowest BCUT2D eigenvalue weighted by Gasteiger charge is -2.18. The van der Waals surface area contributed by atoms with Gasteiger partial charge in [-0.2, -0.15) is 9.97 Å². The quantitative estimate of drug-likeness (QED) is 0.643. The van der Waals surface area contributed by atoms with Gasteiger partial charge in [0.25, 0.3) is 0 Å². The predicted molar refractivity (Wildman–Crippen MR) is 101 cm³/mol. The molecule has 0 unspecified atom stereocenters. The van der Waals surface area contributed by atoms with Crippen LogP contribution in [-0.2, 0) is 0 Å². The van der Waals surface area contributed by atoms with Gasteiger partial charge in [0.15, 0.2) is 17.0 Å². The number of likely N-dealkylation sites (N-methyl/N-ethyl adjacent to an activating group) is 1. The van der Waals surface area contributed by atoms with E-state index in [-0.39, 0.29) is 5.82 Å². The van der Waals surface area contributed by atoms with Crippen LogP contribution in [0.4, 0.5) is 21.8 Å². The van der Waals surface area contributed by atoms with E-state index in [4.69, 9.17) is 0 Å². The Hall–Kier alpha value is -2.87. The Balaban J connectivity index is 1.82. The maximum atomic E-state index is 13.1. The van der Waals surface area contributed by atoms with Crippen LogP contribution in [0.3, 0.4) is 0 Å². The van der Waals surface area contributed by atoms with Crippen LogP contribution >= 0.6 is 0 Å². The molecule has 0 amide bonds. The summed E-state index contributed by atoms with van der Waals surface area (Å²) in [5.74, 6) is 0.719. The number of nitrogens with one attached hydrogen (secondary N) is 2. The van der Waals surface area contributed by atoms with Gasteiger partial charge < -0.3 is 15.5 Å². The van der Waals surface area contributed by atoms with Gasteiger partial charge in [-0.25, -0.2) is 14.4 Å². The molecule has 26 heavy (non-hydrogen) atoms. The molecule has 0 aliphatic rings. The Morgan fingerprint density at radius 3 is 2.46 bits per heavy atom. The third-order valence-electron chi connectivity index (χ3n) is 4.05. The van der Waals surface area contributed by atoms with Gasteiger partial charge in [0, 0.05) is 31.2 Å². The Bertz CT molecular complexity index is 850. The van der Waals surface area contributed by atoms with Crippen molar-refractivity contribution in [3.05, 3.63) is 42.5 Å². The first-order valence-corrected chi connectivity index (χ1v) is 8.67. The molecule has 1 aromatic carbocycles. The van der Waals surface area contributed by atoms with Crippen LogP contribution in [0.15, 0.2) is 36.7 Å². The summed E-state index contributed by atoms with van der Waals surface area (Å²) in [5, 5.41) is 6.40. The molecular formula is C18H22FN7. The predicted octanol–water partition coefficient (Wildman–Crippen LogP) is 3.06. The molecule has 0 saturated heterocycles. The minimum Gasteiger partial charge on any atom is -0.353 e. The topological polar surface area (TPSA) is 78.9 Å². The second kappa shape index (κ2) is 8.48. The number of halogens is 1. The number of benzene rings is 1. The van der Waals surface area contributed by atoms with Crippen molar-refractivity contribution in [2.24, 2.45) is 0 Å². The molecule has 8 heteroatoms. The molecule has 0 spiro atoms. The molecule has 3 rings (SSSR count). The van der Waals surface area contributed by atoms with Gasteiger partial charge in [-0.15, -0.1) is 0 Å². The van der Waals surface area contributed by atoms with Gasteiger partial charge in [-0.3, -0.25) is 0 Å². The summed E-state index contributed by atoms with van der Waals surface area (Å²) in [5.41, 5.74) is 1.77. The molecule has 0 radical (unpaired) electrons. The van der Waals surface area contributed by atoms with Gasteiger partial charge >= 0.3 is 0 Å². The Morgan fingerprint density at radius 1 is 1.00 bits per heavy atom. The van der Waals surface area contributed by atoms with Crippen LogP contribution in [0.25, 0.3) is 11.2 Å². The molecule has 0 aliphatic heterocycles. The van der Waals surface area contributed by atoms with Crippen molar-refractivity contribution in [2.75, 3.05) is 36.8 Å². The number of hydrogen-bond donors (Lipinski definition) is 2. The molecule has 2 aromatic heterocycles. The summed E-state index contributed by atoms with van der Waals surface area (Å²) in [6, 6.07) is 6.07. The van der Waals surface area contributed by atoms with Crippen LogP contribution in [0, 0.1) is 5.82 Å². The summed E-state index contributed by atoms with van der Waals surface area (Å²) < 4.78 is 13.1. The lowest BCUT2D eigenvalue weighted by molar-refractivity contribution is 0.316. The van der Waals surface area contributed by atoms with Crippen LogP contribution in [0.1, 0.15) is 13.8 Å². The minimum absolute atomic E-state index is 0.290. The Kier molecular flexibility index (Phi) is 5.85. The van der Waals surface area contributed by atoms with Crippen LogP contribution in [-0.4, -0.2) is 51.0 Å². The fourth-order valence-corrected chi connectivity index (χ4v) is 2.57. The lowest BCUT2D eigenvalue weighted by Crippen LogP contribution is -2.29. The molecule has 2 heterocycles. The molecule has 136 valence electrons. The maximum Gasteiger partial charge on any atom is 0.226 e. The average Bonchev–Trinajstić information content (AvgIpc) is 2.67. The largest absolute Gasteiger partial charge is 0.353 e. The van der Waals surface area contributed by atoms with Crippen molar-refractivity contribution in [1.29, 1.82) is 0 Å². The van der Waals surface area contributed by atoms with Crippen LogP contribution in [0.2, 0.25) is 0 Å². The molecule has 0 fully saturated rings. The van der Waals surface area contributed by atoms with E-state index in [1.165, 1.54) is 12.1 Å². The summed E-state index contributed by atoms with van der Waals surface area (Å²) in [6.45, 7) is 7.89. The van der Waals surface area contributed by atoms with Crippen molar-refractivity contribution >= 4 is 28.6 Å². The number of aromatic nitrogens is 4. The molecule has 0 bridgehead atoms. The van der Waals surface area contributed by atoms with Crippen molar-refractivity contribution in [1.82, 2.24) is 24.8 Å². The van der Waals surface area contributed by atoms with Gasteiger partial charge in [-0.05, 0) is 37.4 Å². The number of anilines is 3. The second-order valence-electron chi connectivity index (χ2n) is 5.71. The van der Waals surface area contributed by atoms with Gasteiger partial charge in [-0.1, -0.05) is 13.8 Å². The molecule has 0 atom stereocenters. The molecule has 3 aromatic rings. The van der Waals surface area contributed by atoms with E-state index >= 15 is 0 Å². The van der Waals surface area contributed by atoms with Crippen LogP contribution in [0.5, 0.6) is 0 Å². The van der Waals surface area contributed by atoms with Crippen molar-refractivity contribution in [3.63, 3.8) is 0 Å². The normalized spacial score (nSPS) is 11.1. The van der Waals surface area contributed by atoms with E-state index in [0.717, 1.165) is 26.2 Å². The SMILES string of the molecule is CCN(CC)CCNc1nc(Nc2ccc(F)cc2)c2nccnc2n1. The third kappa shape index (κ3) is 4.40. The fourth-order valence-electron chi connectivity index (χ4n) is 2.57. The highest BCUT2D eigenvalue weighted by molar-refractivity contribution is 5.85. The molecule has 7 nitrogen and oxygen atoms in total. The Labute approximate surface area is 151 Å². The standard InChI is InChI=1S/C18H22FN7/c1-3-26(4-2)12-11-22-18-24-16-15(20-9-10-21-16)17(25-18)23-14-7-5-13(19)6-8-14/h5-10H,3-4,11-12H2,1-2H3,(H2,21,22,23,24,25). The number of hydrogen-bond acceptors (Lipinski definition) is 7. The average molecular weight is 355 g/mol. The molecule has 0 saturated carbocycles. The zero-order chi connectivity index (χ0) is 18.4. The first-order valence-electron chi connectivity index (χ1n) is 8.67. The van der Waals surface area contributed by atoms with Crippen molar-refractivity contribution in [3.8, 4) is 0 Å². The monoisotopic (exact) mass is 355 g/mol. The maximum absolute atomic E-state index is 13.1. The van der Waals surface area contributed by atoms with E-state index in [1.54, 1.807) is 24.5 Å². The fraction of sp³-hybridized carbons (Fsp3) is 0.333. The molecule has 2 N–H and O–H groups in total. The second-order valence-corrected chi connectivity index (χ2v) is 5.71. The lowest BCUT2D eigenvalue weighted by atomic mass is 10.3. The number of fused-ring (bicyclic) bond motifs is 1. The summed E-state index contributed by atoms with van der Waals surface area (Å²) >= 11 is 0. The summed E-state index contributed by atoms with van der Waals surface area (Å²) in [7, 11) is 0. The third-order valence-corrected chi connectivity index (χ3v) is 4.05. The molecular weight excluding hydrogens is 333 g/mol. The number of rotatable bonds is 8. The number of nitrogens with zero attached hydrogens (tertiary/aromatic N) is 5. The van der Waals surface area contributed by atoms with Gasteiger partial charge in [0.2, 0.25) is 5.95 Å². The van der Waals surface area contributed by atoms with E-state index in [0.29, 0.717) is 28.6 Å². The van der Waals surface area contributed by atoms with E-state index < -0.39 is 0 Å². The highest BCUT2D eigenvalue weighted by Crippen LogP contribution is 2.22. The summed E-state index contributed by atoms with van der Waals surface area (Å²) in [4.78, 5) is 19.8. The first-order chi connectivity index (χ1) is 12.7. The van der Waals surface area contributed by atoms with Gasteiger partial charge in [0.05, 0.1) is 0 Å². The van der Waals surface area contributed by atoms with E-state index in [2.05, 4.69) is 49.3 Å². The Morgan fingerprint density at radius 2 is 1.73 bits per heavy atom. The molecule has 0 aliphatic carbocycles. The smallest absolute Gasteiger partial charge is 0.226 e. The first kappa shape index (κ1) is 17.9. The highest BCUT2D eigenvalue weighted by atomic mass is 19.1. The van der Waals surface area contributed by atoms with Gasteiger partial charge in [0.1, 0.15) is 5.82 Å². The van der Waals surface area contributed by atoms with E-state index in [9.17, 15) is 4.39 Å².